The van der Waals surface area contributed by atoms with Crippen molar-refractivity contribution in [1.29, 1.82) is 0 Å². The summed E-state index contributed by atoms with van der Waals surface area (Å²) < 4.78 is 0. The zero-order valence-corrected chi connectivity index (χ0v) is 11.7. The highest BCUT2D eigenvalue weighted by Crippen LogP contribution is 2.38. The number of carbonyl (C=O) groups is 1. The van der Waals surface area contributed by atoms with Gasteiger partial charge in [0.05, 0.1) is 5.41 Å². The molecular weight excluding hydrogens is 260 g/mol. The average molecular weight is 279 g/mol. The predicted molar refractivity (Wildman–Crippen MR) is 76.0 cm³/mol. The summed E-state index contributed by atoms with van der Waals surface area (Å²) in [6, 6.07) is 7.77. The molecule has 2 fully saturated rings. The molecule has 2 heterocycles. The predicted octanol–water partition coefficient (Wildman–Crippen LogP) is 2.44. The second-order valence-electron chi connectivity index (χ2n) is 5.66. The van der Waals surface area contributed by atoms with Crippen LogP contribution in [0.25, 0.3) is 0 Å². The first kappa shape index (κ1) is 12.9. The Balaban J connectivity index is 1.70. The van der Waals surface area contributed by atoms with E-state index in [2.05, 4.69) is 5.32 Å². The molecule has 0 bridgehead atoms. The summed E-state index contributed by atoms with van der Waals surface area (Å²) in [4.78, 5) is 14.6. The topological polar surface area (TPSA) is 32.3 Å². The fourth-order valence-corrected chi connectivity index (χ4v) is 3.34. The lowest BCUT2D eigenvalue weighted by molar-refractivity contribution is -0.137. The van der Waals surface area contributed by atoms with E-state index in [1.807, 2.05) is 29.2 Å². The number of amides is 1. The molecule has 1 aromatic carbocycles. The van der Waals surface area contributed by atoms with Crippen molar-refractivity contribution in [3.05, 3.63) is 34.9 Å². The van der Waals surface area contributed by atoms with Gasteiger partial charge in [-0.25, -0.2) is 0 Å². The molecule has 1 N–H and O–H groups in total. The van der Waals surface area contributed by atoms with Gasteiger partial charge >= 0.3 is 0 Å². The van der Waals surface area contributed by atoms with Crippen molar-refractivity contribution in [2.75, 3.05) is 19.6 Å². The van der Waals surface area contributed by atoms with E-state index < -0.39 is 0 Å². The Morgan fingerprint density at radius 3 is 2.74 bits per heavy atom. The number of benzene rings is 1. The Morgan fingerprint density at radius 2 is 2.05 bits per heavy atom. The van der Waals surface area contributed by atoms with Crippen LogP contribution in [0, 0.1) is 5.41 Å². The van der Waals surface area contributed by atoms with Crippen molar-refractivity contribution < 1.29 is 4.79 Å². The highest BCUT2D eigenvalue weighted by atomic mass is 35.5. The van der Waals surface area contributed by atoms with Gasteiger partial charge in [-0.1, -0.05) is 23.7 Å². The first-order valence-corrected chi connectivity index (χ1v) is 7.32. The van der Waals surface area contributed by atoms with Crippen molar-refractivity contribution in [3.63, 3.8) is 0 Å². The maximum Gasteiger partial charge on any atom is 0.230 e. The quantitative estimate of drug-likeness (QED) is 0.901. The fourth-order valence-electron chi connectivity index (χ4n) is 3.22. The van der Waals surface area contributed by atoms with E-state index in [9.17, 15) is 4.79 Å². The lowest BCUT2D eigenvalue weighted by Crippen LogP contribution is -2.45. The monoisotopic (exact) mass is 278 g/mol. The van der Waals surface area contributed by atoms with Crippen LogP contribution in [0.1, 0.15) is 24.8 Å². The SMILES string of the molecule is O=C1N(Cc2ccc(Cl)cc2)CCC12CCCNC2. The molecule has 3 nitrogen and oxygen atoms in total. The highest BCUT2D eigenvalue weighted by molar-refractivity contribution is 6.30. The third-order valence-electron chi connectivity index (χ3n) is 4.36. The maximum atomic E-state index is 12.6. The van der Waals surface area contributed by atoms with Crippen LogP contribution in [0.15, 0.2) is 24.3 Å². The van der Waals surface area contributed by atoms with Crippen LogP contribution >= 0.6 is 11.6 Å². The summed E-state index contributed by atoms with van der Waals surface area (Å²) in [5.74, 6) is 0.328. The molecule has 1 amide bonds. The highest BCUT2D eigenvalue weighted by Gasteiger charge is 2.46. The number of carbonyl (C=O) groups excluding carboxylic acids is 1. The van der Waals surface area contributed by atoms with Crippen molar-refractivity contribution in [2.24, 2.45) is 5.41 Å². The summed E-state index contributed by atoms with van der Waals surface area (Å²) in [6.45, 7) is 3.48. The second kappa shape index (κ2) is 5.14. The van der Waals surface area contributed by atoms with Crippen LogP contribution < -0.4 is 5.32 Å². The van der Waals surface area contributed by atoms with Crippen molar-refractivity contribution in [2.45, 2.75) is 25.8 Å². The fraction of sp³-hybridized carbons (Fsp3) is 0.533. The number of nitrogens with one attached hydrogen (secondary N) is 1. The van der Waals surface area contributed by atoms with E-state index in [1.54, 1.807) is 0 Å². The van der Waals surface area contributed by atoms with Crippen molar-refractivity contribution >= 4 is 17.5 Å². The normalized spacial score (nSPS) is 27.2. The molecule has 0 aliphatic carbocycles. The zero-order chi connectivity index (χ0) is 13.3. The largest absolute Gasteiger partial charge is 0.338 e. The smallest absolute Gasteiger partial charge is 0.230 e. The van der Waals surface area contributed by atoms with Crippen LogP contribution in [0.4, 0.5) is 0 Å². The number of piperidine rings is 1. The third-order valence-corrected chi connectivity index (χ3v) is 4.61. The lowest BCUT2D eigenvalue weighted by Gasteiger charge is -2.32. The van der Waals surface area contributed by atoms with E-state index in [0.29, 0.717) is 12.5 Å². The van der Waals surface area contributed by atoms with Gasteiger partial charge in [0.25, 0.3) is 0 Å². The molecular formula is C15H19ClN2O. The molecule has 0 saturated carbocycles. The number of hydrogen-bond acceptors (Lipinski definition) is 2. The van der Waals surface area contributed by atoms with E-state index in [1.165, 1.54) is 0 Å². The summed E-state index contributed by atoms with van der Waals surface area (Å²) in [6.07, 6.45) is 3.14. The molecule has 1 unspecified atom stereocenters. The molecule has 2 aliphatic rings. The third kappa shape index (κ3) is 2.49. The van der Waals surface area contributed by atoms with Gasteiger partial charge in [-0.15, -0.1) is 0 Å². The number of nitrogens with zero attached hydrogens (tertiary/aromatic N) is 1. The molecule has 1 aromatic rings. The Kier molecular flexibility index (Phi) is 3.50. The number of rotatable bonds is 2. The molecule has 1 atom stereocenters. The van der Waals surface area contributed by atoms with Gasteiger partial charge in [0, 0.05) is 24.7 Å². The van der Waals surface area contributed by atoms with Gasteiger partial charge in [0.2, 0.25) is 5.91 Å². The maximum absolute atomic E-state index is 12.6. The van der Waals surface area contributed by atoms with Gasteiger partial charge < -0.3 is 10.2 Å². The first-order valence-electron chi connectivity index (χ1n) is 6.94. The number of likely N-dealkylation sites (tertiary alicyclic amines) is 1. The molecule has 0 aromatic heterocycles. The first-order chi connectivity index (χ1) is 9.20. The molecule has 1 spiro atoms. The van der Waals surface area contributed by atoms with Crippen LogP contribution in [0.3, 0.4) is 0 Å². The minimum absolute atomic E-state index is 0.120. The molecule has 2 aliphatic heterocycles. The average Bonchev–Trinajstić information content (AvgIpc) is 2.72. The van der Waals surface area contributed by atoms with Gasteiger partial charge in [0.1, 0.15) is 0 Å². The molecule has 2 saturated heterocycles. The standard InChI is InChI=1S/C15H19ClN2O/c16-13-4-2-12(3-5-13)10-18-9-7-15(14(18)19)6-1-8-17-11-15/h2-5,17H,1,6-11H2. The van der Waals surface area contributed by atoms with Gasteiger partial charge in [-0.05, 0) is 43.5 Å². The van der Waals surface area contributed by atoms with Gasteiger partial charge in [-0.2, -0.15) is 0 Å². The Bertz CT molecular complexity index is 466. The van der Waals surface area contributed by atoms with Crippen molar-refractivity contribution in [3.8, 4) is 0 Å². The molecule has 19 heavy (non-hydrogen) atoms. The summed E-state index contributed by atoms with van der Waals surface area (Å²) in [7, 11) is 0. The van der Waals surface area contributed by atoms with Crippen LogP contribution in [-0.2, 0) is 11.3 Å². The van der Waals surface area contributed by atoms with Gasteiger partial charge in [0.15, 0.2) is 0 Å². The van der Waals surface area contributed by atoms with E-state index in [0.717, 1.165) is 49.5 Å². The summed E-state index contributed by atoms with van der Waals surface area (Å²) in [5.41, 5.74) is 1.03. The minimum atomic E-state index is -0.120. The summed E-state index contributed by atoms with van der Waals surface area (Å²) in [5, 5.41) is 4.12. The minimum Gasteiger partial charge on any atom is -0.338 e. The Hall–Kier alpha value is -1.06. The number of halogens is 1. The van der Waals surface area contributed by atoms with E-state index in [-0.39, 0.29) is 5.41 Å². The van der Waals surface area contributed by atoms with E-state index in [4.69, 9.17) is 11.6 Å². The summed E-state index contributed by atoms with van der Waals surface area (Å²) >= 11 is 5.88. The van der Waals surface area contributed by atoms with Crippen LogP contribution in [-0.4, -0.2) is 30.4 Å². The van der Waals surface area contributed by atoms with Crippen LogP contribution in [0.2, 0.25) is 5.02 Å². The Labute approximate surface area is 118 Å². The molecule has 3 rings (SSSR count). The lowest BCUT2D eigenvalue weighted by atomic mass is 9.79. The van der Waals surface area contributed by atoms with Crippen LogP contribution in [0.5, 0.6) is 0 Å². The molecule has 4 heteroatoms. The molecule has 0 radical (unpaired) electrons. The zero-order valence-electron chi connectivity index (χ0n) is 11.0. The molecule has 102 valence electrons. The van der Waals surface area contributed by atoms with Crippen molar-refractivity contribution in [1.82, 2.24) is 10.2 Å². The Morgan fingerprint density at radius 1 is 1.26 bits per heavy atom. The van der Waals surface area contributed by atoms with E-state index >= 15 is 0 Å². The second-order valence-corrected chi connectivity index (χ2v) is 6.10. The number of hydrogen-bond donors (Lipinski definition) is 1. The van der Waals surface area contributed by atoms with Gasteiger partial charge in [-0.3, -0.25) is 4.79 Å².